The second kappa shape index (κ2) is 6.44. The van der Waals surface area contributed by atoms with Crippen molar-refractivity contribution in [3.63, 3.8) is 0 Å². The fourth-order valence-corrected chi connectivity index (χ4v) is 2.19. The van der Waals surface area contributed by atoms with Crippen LogP contribution in [0, 0.1) is 6.92 Å². The van der Waals surface area contributed by atoms with Gasteiger partial charge in [-0.1, -0.05) is 6.07 Å². The van der Waals surface area contributed by atoms with Gasteiger partial charge in [-0.3, -0.25) is 4.79 Å². The summed E-state index contributed by atoms with van der Waals surface area (Å²) in [7, 11) is 0. The molecule has 1 unspecified atom stereocenters. The Morgan fingerprint density at radius 3 is 2.86 bits per heavy atom. The number of benzene rings is 1. The topological polar surface area (TPSA) is 50.4 Å². The minimum absolute atomic E-state index is 0.105. The average molecular weight is 302 g/mol. The molecular formula is C14H17F3N2O2. The Labute approximate surface area is 120 Å². The SMILES string of the molecule is Cc1ccc(NC(=O)CC2COCCN2)cc1C(F)(F)F. The maximum atomic E-state index is 12.8. The number of morpholine rings is 1. The minimum Gasteiger partial charge on any atom is -0.378 e. The molecule has 0 bridgehead atoms. The Kier molecular flexibility index (Phi) is 4.84. The van der Waals surface area contributed by atoms with Gasteiger partial charge in [0.05, 0.1) is 18.8 Å². The predicted octanol–water partition coefficient (Wildman–Crippen LogP) is 2.33. The number of ether oxygens (including phenoxy) is 1. The number of hydrogen-bond donors (Lipinski definition) is 2. The van der Waals surface area contributed by atoms with Crippen LogP contribution in [0.4, 0.5) is 18.9 Å². The molecule has 0 radical (unpaired) electrons. The largest absolute Gasteiger partial charge is 0.416 e. The molecule has 1 amide bonds. The molecule has 116 valence electrons. The first-order valence-corrected chi connectivity index (χ1v) is 6.65. The van der Waals surface area contributed by atoms with Crippen molar-refractivity contribution in [2.75, 3.05) is 25.1 Å². The summed E-state index contributed by atoms with van der Waals surface area (Å²) in [4.78, 5) is 11.8. The molecule has 2 N–H and O–H groups in total. The van der Waals surface area contributed by atoms with Gasteiger partial charge in [0.25, 0.3) is 0 Å². The highest BCUT2D eigenvalue weighted by Gasteiger charge is 2.32. The third-order valence-corrected chi connectivity index (χ3v) is 3.26. The van der Waals surface area contributed by atoms with Crippen molar-refractivity contribution in [1.29, 1.82) is 0 Å². The standard InChI is InChI=1S/C14H17F3N2O2/c1-9-2-3-10(6-12(9)14(15,16)17)19-13(20)7-11-8-21-5-4-18-11/h2-3,6,11,18H,4-5,7-8H2,1H3,(H,19,20). The van der Waals surface area contributed by atoms with Gasteiger partial charge in [-0.2, -0.15) is 13.2 Å². The first-order valence-electron chi connectivity index (χ1n) is 6.65. The summed E-state index contributed by atoms with van der Waals surface area (Å²) in [5.74, 6) is -0.338. The van der Waals surface area contributed by atoms with Gasteiger partial charge in [-0.25, -0.2) is 0 Å². The lowest BCUT2D eigenvalue weighted by Gasteiger charge is -2.23. The first kappa shape index (κ1) is 15.8. The predicted molar refractivity (Wildman–Crippen MR) is 72.0 cm³/mol. The van der Waals surface area contributed by atoms with E-state index in [0.29, 0.717) is 19.8 Å². The fourth-order valence-electron chi connectivity index (χ4n) is 2.19. The lowest BCUT2D eigenvalue weighted by atomic mass is 10.1. The monoisotopic (exact) mass is 302 g/mol. The van der Waals surface area contributed by atoms with E-state index < -0.39 is 11.7 Å². The van der Waals surface area contributed by atoms with Crippen LogP contribution in [0.2, 0.25) is 0 Å². The zero-order valence-corrected chi connectivity index (χ0v) is 11.6. The van der Waals surface area contributed by atoms with Gasteiger partial charge in [0.15, 0.2) is 0 Å². The zero-order chi connectivity index (χ0) is 15.5. The smallest absolute Gasteiger partial charge is 0.378 e. The molecule has 4 nitrogen and oxygen atoms in total. The normalized spacial score (nSPS) is 19.3. The number of rotatable bonds is 3. The van der Waals surface area contributed by atoms with E-state index in [1.165, 1.54) is 19.1 Å². The van der Waals surface area contributed by atoms with Crippen LogP contribution in [0.3, 0.4) is 0 Å². The van der Waals surface area contributed by atoms with Crippen LogP contribution in [-0.2, 0) is 15.7 Å². The lowest BCUT2D eigenvalue weighted by molar-refractivity contribution is -0.138. The van der Waals surface area contributed by atoms with Crippen molar-refractivity contribution in [3.05, 3.63) is 29.3 Å². The number of hydrogen-bond acceptors (Lipinski definition) is 3. The molecule has 0 spiro atoms. The Balaban J connectivity index is 2.00. The second-order valence-corrected chi connectivity index (χ2v) is 5.01. The molecule has 1 aromatic rings. The molecule has 7 heteroatoms. The first-order chi connectivity index (χ1) is 9.86. The Morgan fingerprint density at radius 1 is 1.48 bits per heavy atom. The Bertz CT molecular complexity index is 511. The van der Waals surface area contributed by atoms with Crippen LogP contribution in [0.5, 0.6) is 0 Å². The molecule has 2 rings (SSSR count). The maximum absolute atomic E-state index is 12.8. The van der Waals surface area contributed by atoms with Crippen LogP contribution in [0.15, 0.2) is 18.2 Å². The van der Waals surface area contributed by atoms with E-state index in [9.17, 15) is 18.0 Å². The molecule has 1 aliphatic heterocycles. The summed E-state index contributed by atoms with van der Waals surface area (Å²) in [5, 5.41) is 5.61. The van der Waals surface area contributed by atoms with Gasteiger partial charge >= 0.3 is 6.18 Å². The highest BCUT2D eigenvalue weighted by molar-refractivity contribution is 5.91. The summed E-state index contributed by atoms with van der Waals surface area (Å²) in [5.41, 5.74) is -0.461. The van der Waals surface area contributed by atoms with E-state index in [4.69, 9.17) is 4.74 Å². The molecular weight excluding hydrogens is 285 g/mol. The molecule has 1 aromatic carbocycles. The summed E-state index contributed by atoms with van der Waals surface area (Å²) >= 11 is 0. The second-order valence-electron chi connectivity index (χ2n) is 5.01. The molecule has 1 heterocycles. The number of aryl methyl sites for hydroxylation is 1. The van der Waals surface area contributed by atoms with Gasteiger partial charge in [0, 0.05) is 24.7 Å². The minimum atomic E-state index is -4.43. The summed E-state index contributed by atoms with van der Waals surface area (Å²) in [6.45, 7) is 3.08. The van der Waals surface area contributed by atoms with E-state index in [-0.39, 0.29) is 29.6 Å². The van der Waals surface area contributed by atoms with Crippen molar-refractivity contribution in [1.82, 2.24) is 5.32 Å². The van der Waals surface area contributed by atoms with Gasteiger partial charge < -0.3 is 15.4 Å². The number of amides is 1. The van der Waals surface area contributed by atoms with E-state index in [0.717, 1.165) is 6.07 Å². The van der Waals surface area contributed by atoms with Crippen molar-refractivity contribution in [2.45, 2.75) is 25.6 Å². The molecule has 0 saturated carbocycles. The molecule has 1 atom stereocenters. The van der Waals surface area contributed by atoms with E-state index in [2.05, 4.69) is 10.6 Å². The van der Waals surface area contributed by atoms with Crippen molar-refractivity contribution < 1.29 is 22.7 Å². The number of alkyl halides is 3. The maximum Gasteiger partial charge on any atom is 0.416 e. The molecule has 1 fully saturated rings. The third-order valence-electron chi connectivity index (χ3n) is 3.26. The molecule has 0 aromatic heterocycles. The number of halogens is 3. The van der Waals surface area contributed by atoms with Gasteiger partial charge in [-0.05, 0) is 24.6 Å². The third kappa shape index (κ3) is 4.44. The van der Waals surface area contributed by atoms with E-state index in [1.54, 1.807) is 0 Å². The molecule has 1 aliphatic rings. The summed E-state index contributed by atoms with van der Waals surface area (Å²) < 4.78 is 43.6. The van der Waals surface area contributed by atoms with Gasteiger partial charge in [0.2, 0.25) is 5.91 Å². The van der Waals surface area contributed by atoms with E-state index in [1.807, 2.05) is 0 Å². The molecule has 0 aliphatic carbocycles. The van der Waals surface area contributed by atoms with Crippen LogP contribution in [0.1, 0.15) is 17.5 Å². The van der Waals surface area contributed by atoms with Crippen LogP contribution >= 0.6 is 0 Å². The Morgan fingerprint density at radius 2 is 2.24 bits per heavy atom. The zero-order valence-electron chi connectivity index (χ0n) is 11.6. The fraction of sp³-hybridized carbons (Fsp3) is 0.500. The average Bonchev–Trinajstić information content (AvgIpc) is 2.41. The van der Waals surface area contributed by atoms with Crippen molar-refractivity contribution >= 4 is 11.6 Å². The lowest BCUT2D eigenvalue weighted by Crippen LogP contribution is -2.43. The number of nitrogens with one attached hydrogen (secondary N) is 2. The summed E-state index contributed by atoms with van der Waals surface area (Å²) in [6, 6.07) is 3.66. The summed E-state index contributed by atoms with van der Waals surface area (Å²) in [6.07, 6.45) is -4.27. The van der Waals surface area contributed by atoms with Crippen molar-refractivity contribution in [3.8, 4) is 0 Å². The molecule has 21 heavy (non-hydrogen) atoms. The van der Waals surface area contributed by atoms with Crippen LogP contribution in [-0.4, -0.2) is 31.7 Å². The Hall–Kier alpha value is -1.60. The van der Waals surface area contributed by atoms with Crippen molar-refractivity contribution in [2.24, 2.45) is 0 Å². The quantitative estimate of drug-likeness (QED) is 0.901. The van der Waals surface area contributed by atoms with E-state index >= 15 is 0 Å². The number of anilines is 1. The molecule has 1 saturated heterocycles. The van der Waals surface area contributed by atoms with Gasteiger partial charge in [0.1, 0.15) is 0 Å². The highest BCUT2D eigenvalue weighted by atomic mass is 19.4. The highest BCUT2D eigenvalue weighted by Crippen LogP contribution is 2.33. The van der Waals surface area contributed by atoms with Crippen LogP contribution < -0.4 is 10.6 Å². The number of carbonyl (C=O) groups is 1. The van der Waals surface area contributed by atoms with Crippen LogP contribution in [0.25, 0.3) is 0 Å². The van der Waals surface area contributed by atoms with Gasteiger partial charge in [-0.15, -0.1) is 0 Å². The number of carbonyl (C=O) groups excluding carboxylic acids is 1.